The molecule has 0 aliphatic rings. The van der Waals surface area contributed by atoms with Crippen molar-refractivity contribution in [2.45, 2.75) is 33.6 Å². The van der Waals surface area contributed by atoms with E-state index in [0.717, 1.165) is 6.42 Å². The van der Waals surface area contributed by atoms with Crippen LogP contribution in [0.15, 0.2) is 24.3 Å². The van der Waals surface area contributed by atoms with Crippen LogP contribution in [0.25, 0.3) is 0 Å². The Balaban J connectivity index is 2.31. The van der Waals surface area contributed by atoms with Crippen LogP contribution in [0.5, 0.6) is 0 Å². The number of benzene rings is 1. The molecule has 1 aromatic rings. The first kappa shape index (κ1) is 12.8. The van der Waals surface area contributed by atoms with Crippen LogP contribution in [0.2, 0.25) is 0 Å². The minimum Gasteiger partial charge on any atom is -0.465 e. The molecule has 2 heteroatoms. The van der Waals surface area contributed by atoms with E-state index in [0.29, 0.717) is 18.9 Å². The summed E-state index contributed by atoms with van der Waals surface area (Å²) in [6, 6.07) is 8.18. The average Bonchev–Trinajstić information content (AvgIpc) is 2.19. The quantitative estimate of drug-likeness (QED) is 0.713. The van der Waals surface area contributed by atoms with Crippen LogP contribution < -0.4 is 0 Å². The number of carbonyl (C=O) groups excluding carboxylic acids is 1. The molecule has 1 rings (SSSR count). The van der Waals surface area contributed by atoms with Gasteiger partial charge in [-0.05, 0) is 24.0 Å². The highest BCUT2D eigenvalue weighted by Crippen LogP contribution is 2.08. The lowest BCUT2D eigenvalue weighted by Crippen LogP contribution is -2.10. The van der Waals surface area contributed by atoms with Crippen LogP contribution in [-0.2, 0) is 16.0 Å². The number of hydrogen-bond donors (Lipinski definition) is 0. The molecule has 2 nitrogen and oxygen atoms in total. The Morgan fingerprint density at radius 1 is 1.31 bits per heavy atom. The molecular weight excluding hydrogens is 200 g/mol. The number of esters is 1. The highest BCUT2D eigenvalue weighted by atomic mass is 16.5. The molecule has 88 valence electrons. The first-order valence-electron chi connectivity index (χ1n) is 5.79. The van der Waals surface area contributed by atoms with Gasteiger partial charge in [0.15, 0.2) is 0 Å². The lowest BCUT2D eigenvalue weighted by atomic mass is 10.1. The summed E-state index contributed by atoms with van der Waals surface area (Å²) in [5, 5.41) is 0. The van der Waals surface area contributed by atoms with Crippen molar-refractivity contribution in [2.24, 2.45) is 5.92 Å². The van der Waals surface area contributed by atoms with E-state index in [1.807, 2.05) is 26.0 Å². The molecule has 1 aromatic carbocycles. The fraction of sp³-hybridized carbons (Fsp3) is 0.500. The molecular formula is C14H20O2. The number of aryl methyl sites for hydroxylation is 1. The van der Waals surface area contributed by atoms with E-state index in [1.54, 1.807) is 0 Å². The molecule has 0 spiro atoms. The van der Waals surface area contributed by atoms with Gasteiger partial charge in [-0.15, -0.1) is 0 Å². The van der Waals surface area contributed by atoms with Crippen molar-refractivity contribution in [3.63, 3.8) is 0 Å². The molecule has 0 fully saturated rings. The van der Waals surface area contributed by atoms with E-state index >= 15 is 0 Å². The van der Waals surface area contributed by atoms with Crippen molar-refractivity contribution in [1.82, 2.24) is 0 Å². The fourth-order valence-electron chi connectivity index (χ4n) is 1.56. The van der Waals surface area contributed by atoms with Gasteiger partial charge in [-0.1, -0.05) is 38.1 Å². The van der Waals surface area contributed by atoms with Gasteiger partial charge in [0.05, 0.1) is 6.61 Å². The van der Waals surface area contributed by atoms with Crippen LogP contribution in [0.1, 0.15) is 31.4 Å². The van der Waals surface area contributed by atoms with Gasteiger partial charge in [0.2, 0.25) is 0 Å². The standard InChI is InChI=1S/C14H20O2/c1-11(2)10-14(15)16-9-8-13-7-5-4-6-12(13)3/h4-7,11H,8-10H2,1-3H3. The van der Waals surface area contributed by atoms with Crippen molar-refractivity contribution in [3.8, 4) is 0 Å². The number of carbonyl (C=O) groups is 1. The molecule has 0 atom stereocenters. The zero-order valence-electron chi connectivity index (χ0n) is 10.3. The monoisotopic (exact) mass is 220 g/mol. The molecule has 0 amide bonds. The third-order valence-electron chi connectivity index (χ3n) is 2.47. The highest BCUT2D eigenvalue weighted by molar-refractivity contribution is 5.69. The van der Waals surface area contributed by atoms with E-state index in [1.165, 1.54) is 11.1 Å². The minimum absolute atomic E-state index is 0.0939. The molecule has 0 saturated carbocycles. The number of hydrogen-bond acceptors (Lipinski definition) is 2. The Morgan fingerprint density at radius 2 is 2.00 bits per heavy atom. The van der Waals surface area contributed by atoms with Gasteiger partial charge in [0.1, 0.15) is 0 Å². The smallest absolute Gasteiger partial charge is 0.306 e. The highest BCUT2D eigenvalue weighted by Gasteiger charge is 2.06. The molecule has 0 unspecified atom stereocenters. The van der Waals surface area contributed by atoms with E-state index in [4.69, 9.17) is 4.74 Å². The van der Waals surface area contributed by atoms with Crippen LogP contribution in [-0.4, -0.2) is 12.6 Å². The van der Waals surface area contributed by atoms with Crippen LogP contribution in [0, 0.1) is 12.8 Å². The second kappa shape index (κ2) is 6.31. The molecule has 0 aromatic heterocycles. The predicted molar refractivity (Wildman–Crippen MR) is 65.3 cm³/mol. The summed E-state index contributed by atoms with van der Waals surface area (Å²) in [5.41, 5.74) is 2.50. The average molecular weight is 220 g/mol. The molecule has 0 saturated heterocycles. The Morgan fingerprint density at radius 3 is 2.62 bits per heavy atom. The van der Waals surface area contributed by atoms with Crippen LogP contribution in [0.3, 0.4) is 0 Å². The van der Waals surface area contributed by atoms with Gasteiger partial charge in [0, 0.05) is 12.8 Å². The van der Waals surface area contributed by atoms with Crippen molar-refractivity contribution in [1.29, 1.82) is 0 Å². The molecule has 0 bridgehead atoms. The Bertz CT molecular complexity index is 342. The van der Waals surface area contributed by atoms with Crippen molar-refractivity contribution in [2.75, 3.05) is 6.61 Å². The largest absolute Gasteiger partial charge is 0.465 e. The summed E-state index contributed by atoms with van der Waals surface area (Å²) in [6.07, 6.45) is 1.31. The lowest BCUT2D eigenvalue weighted by molar-refractivity contribution is -0.144. The van der Waals surface area contributed by atoms with Crippen LogP contribution in [0.4, 0.5) is 0 Å². The zero-order valence-corrected chi connectivity index (χ0v) is 10.3. The summed E-state index contributed by atoms with van der Waals surface area (Å²) < 4.78 is 5.17. The summed E-state index contributed by atoms with van der Waals surface area (Å²) >= 11 is 0. The van der Waals surface area contributed by atoms with E-state index in [9.17, 15) is 4.79 Å². The van der Waals surface area contributed by atoms with Crippen molar-refractivity contribution in [3.05, 3.63) is 35.4 Å². The van der Waals surface area contributed by atoms with Gasteiger partial charge in [0.25, 0.3) is 0 Å². The van der Waals surface area contributed by atoms with Gasteiger partial charge in [-0.25, -0.2) is 0 Å². The molecule has 0 aliphatic carbocycles. The van der Waals surface area contributed by atoms with E-state index < -0.39 is 0 Å². The Labute approximate surface area is 97.6 Å². The molecule has 0 N–H and O–H groups in total. The SMILES string of the molecule is Cc1ccccc1CCOC(=O)CC(C)C. The van der Waals surface area contributed by atoms with Gasteiger partial charge >= 0.3 is 5.97 Å². The molecule has 0 aliphatic heterocycles. The Hall–Kier alpha value is -1.31. The van der Waals surface area contributed by atoms with Gasteiger partial charge < -0.3 is 4.74 Å². The maximum Gasteiger partial charge on any atom is 0.306 e. The fourth-order valence-corrected chi connectivity index (χ4v) is 1.56. The molecule has 16 heavy (non-hydrogen) atoms. The Kier molecular flexibility index (Phi) is 5.03. The first-order chi connectivity index (χ1) is 7.59. The molecule has 0 heterocycles. The summed E-state index contributed by atoms with van der Waals surface area (Å²) in [4.78, 5) is 11.3. The number of ether oxygens (including phenoxy) is 1. The zero-order chi connectivity index (χ0) is 12.0. The molecule has 0 radical (unpaired) electrons. The van der Waals surface area contributed by atoms with Crippen molar-refractivity contribution >= 4 is 5.97 Å². The van der Waals surface area contributed by atoms with Gasteiger partial charge in [-0.3, -0.25) is 4.79 Å². The second-order valence-corrected chi connectivity index (χ2v) is 4.49. The summed E-state index contributed by atoms with van der Waals surface area (Å²) in [5.74, 6) is 0.273. The number of rotatable bonds is 5. The third kappa shape index (κ3) is 4.47. The van der Waals surface area contributed by atoms with E-state index in [2.05, 4.69) is 19.1 Å². The minimum atomic E-state index is -0.0939. The maximum atomic E-state index is 11.3. The topological polar surface area (TPSA) is 26.3 Å². The second-order valence-electron chi connectivity index (χ2n) is 4.49. The maximum absolute atomic E-state index is 11.3. The first-order valence-corrected chi connectivity index (χ1v) is 5.79. The predicted octanol–water partition coefficient (Wildman–Crippen LogP) is 3.13. The lowest BCUT2D eigenvalue weighted by Gasteiger charge is -2.08. The summed E-state index contributed by atoms with van der Waals surface area (Å²) in [6.45, 7) is 6.59. The van der Waals surface area contributed by atoms with Crippen LogP contribution >= 0.6 is 0 Å². The van der Waals surface area contributed by atoms with Crippen molar-refractivity contribution < 1.29 is 9.53 Å². The van der Waals surface area contributed by atoms with Gasteiger partial charge in [-0.2, -0.15) is 0 Å². The third-order valence-corrected chi connectivity index (χ3v) is 2.47. The normalized spacial score (nSPS) is 10.5. The van der Waals surface area contributed by atoms with E-state index in [-0.39, 0.29) is 5.97 Å². The summed E-state index contributed by atoms with van der Waals surface area (Å²) in [7, 11) is 0.